The lowest BCUT2D eigenvalue weighted by Crippen LogP contribution is -2.40. The molecule has 1 aliphatic heterocycles. The Labute approximate surface area is 153 Å². The van der Waals surface area contributed by atoms with E-state index in [0.717, 1.165) is 11.1 Å². The molecule has 0 saturated carbocycles. The lowest BCUT2D eigenvalue weighted by molar-refractivity contribution is -0.129. The summed E-state index contributed by atoms with van der Waals surface area (Å²) < 4.78 is 0. The van der Waals surface area contributed by atoms with Gasteiger partial charge in [-0.1, -0.05) is 36.4 Å². The lowest BCUT2D eigenvalue weighted by atomic mass is 10.1. The van der Waals surface area contributed by atoms with E-state index < -0.39 is 0 Å². The molecule has 2 aromatic carbocycles. The van der Waals surface area contributed by atoms with E-state index in [-0.39, 0.29) is 24.0 Å². The van der Waals surface area contributed by atoms with Crippen LogP contribution in [0.3, 0.4) is 0 Å². The van der Waals surface area contributed by atoms with Gasteiger partial charge in [-0.2, -0.15) is 0 Å². The Balaban J connectivity index is 1.59. The van der Waals surface area contributed by atoms with Crippen molar-refractivity contribution < 1.29 is 9.59 Å². The number of carbonyl (C=O) groups is 2. The average Bonchev–Trinajstić information content (AvgIpc) is 2.97. The molecule has 136 valence electrons. The van der Waals surface area contributed by atoms with Crippen LogP contribution in [-0.4, -0.2) is 29.4 Å². The number of rotatable bonds is 4. The Morgan fingerprint density at radius 2 is 1.96 bits per heavy atom. The van der Waals surface area contributed by atoms with Gasteiger partial charge in [0.05, 0.1) is 23.5 Å². The maximum absolute atomic E-state index is 12.4. The summed E-state index contributed by atoms with van der Waals surface area (Å²) in [6, 6.07) is 14.7. The van der Waals surface area contributed by atoms with Crippen LogP contribution in [0.15, 0.2) is 48.5 Å². The fourth-order valence-corrected chi connectivity index (χ4v) is 3.25. The largest absolute Gasteiger partial charge is 0.397 e. The van der Waals surface area contributed by atoms with E-state index in [1.54, 1.807) is 17.0 Å². The number of anilines is 2. The summed E-state index contributed by atoms with van der Waals surface area (Å²) in [6.07, 6.45) is 0.300. The minimum atomic E-state index is -0.354. The van der Waals surface area contributed by atoms with Crippen molar-refractivity contribution in [2.24, 2.45) is 0 Å². The summed E-state index contributed by atoms with van der Waals surface area (Å²) in [6.45, 7) is 4.43. The number of nitrogens with two attached hydrogens (primary N) is 1. The first-order valence-electron chi connectivity index (χ1n) is 8.72. The molecule has 0 aliphatic carbocycles. The van der Waals surface area contributed by atoms with Crippen molar-refractivity contribution in [2.45, 2.75) is 32.4 Å². The van der Waals surface area contributed by atoms with Crippen molar-refractivity contribution in [3.8, 4) is 0 Å². The highest BCUT2D eigenvalue weighted by atomic mass is 16.2. The molecule has 6 nitrogen and oxygen atoms in total. The van der Waals surface area contributed by atoms with Gasteiger partial charge in [0, 0.05) is 13.0 Å². The van der Waals surface area contributed by atoms with Crippen molar-refractivity contribution in [3.63, 3.8) is 0 Å². The van der Waals surface area contributed by atoms with Gasteiger partial charge < -0.3 is 21.3 Å². The fraction of sp³-hybridized carbons (Fsp3) is 0.300. The number of aryl methyl sites for hydroxylation is 1. The van der Waals surface area contributed by atoms with Crippen molar-refractivity contribution in [3.05, 3.63) is 59.7 Å². The zero-order chi connectivity index (χ0) is 18.7. The molecule has 0 spiro atoms. The molecule has 1 aliphatic rings. The number of nitrogens with zero attached hydrogens (tertiary/aromatic N) is 1. The number of hydrogen-bond acceptors (Lipinski definition) is 3. The summed E-state index contributed by atoms with van der Waals surface area (Å²) in [5, 5.41) is 5.62. The summed E-state index contributed by atoms with van der Waals surface area (Å²) in [7, 11) is 0. The number of carbonyl (C=O) groups excluding carboxylic acids is 2. The van der Waals surface area contributed by atoms with Crippen LogP contribution < -0.4 is 16.4 Å². The number of hydrogen-bond donors (Lipinski definition) is 3. The molecular formula is C20H24N4O2. The Hall–Kier alpha value is -3.02. The molecule has 26 heavy (non-hydrogen) atoms. The first kappa shape index (κ1) is 17.8. The second kappa shape index (κ2) is 7.47. The summed E-state index contributed by atoms with van der Waals surface area (Å²) in [4.78, 5) is 26.4. The van der Waals surface area contributed by atoms with Crippen molar-refractivity contribution in [1.29, 1.82) is 0 Å². The third-order valence-electron chi connectivity index (χ3n) is 4.70. The van der Waals surface area contributed by atoms with Gasteiger partial charge in [0.15, 0.2) is 0 Å². The van der Waals surface area contributed by atoms with E-state index in [2.05, 4.69) is 10.6 Å². The quantitative estimate of drug-likeness (QED) is 0.739. The van der Waals surface area contributed by atoms with Gasteiger partial charge in [0.25, 0.3) is 0 Å². The predicted octanol–water partition coefficient (Wildman–Crippen LogP) is 3.06. The molecule has 1 heterocycles. The van der Waals surface area contributed by atoms with Gasteiger partial charge >= 0.3 is 6.03 Å². The molecule has 6 heteroatoms. The van der Waals surface area contributed by atoms with Crippen LogP contribution in [0.1, 0.15) is 30.5 Å². The number of benzene rings is 2. The monoisotopic (exact) mass is 352 g/mol. The number of nitrogens with one attached hydrogen (secondary N) is 2. The van der Waals surface area contributed by atoms with Gasteiger partial charge in [0.1, 0.15) is 0 Å². The normalized spacial score (nSPS) is 17.8. The molecule has 2 atom stereocenters. The number of likely N-dealkylation sites (tertiary alicyclic amines) is 1. The van der Waals surface area contributed by atoms with E-state index in [4.69, 9.17) is 5.73 Å². The van der Waals surface area contributed by atoms with E-state index in [0.29, 0.717) is 24.3 Å². The number of urea groups is 1. The van der Waals surface area contributed by atoms with E-state index in [1.807, 2.05) is 50.2 Å². The zero-order valence-corrected chi connectivity index (χ0v) is 15.0. The zero-order valence-electron chi connectivity index (χ0n) is 15.0. The average molecular weight is 352 g/mol. The Morgan fingerprint density at radius 3 is 2.65 bits per heavy atom. The van der Waals surface area contributed by atoms with Crippen LogP contribution in [0, 0.1) is 6.92 Å². The topological polar surface area (TPSA) is 87.5 Å². The SMILES string of the molecule is Cc1ccc(NC(=O)NC2CC(=O)N(C(C)c3ccccc3)C2)c(N)c1. The van der Waals surface area contributed by atoms with Crippen LogP contribution in [0.4, 0.5) is 16.2 Å². The predicted molar refractivity (Wildman–Crippen MR) is 103 cm³/mol. The van der Waals surface area contributed by atoms with Crippen molar-refractivity contribution >= 4 is 23.3 Å². The van der Waals surface area contributed by atoms with Crippen LogP contribution >= 0.6 is 0 Å². The van der Waals surface area contributed by atoms with Gasteiger partial charge in [-0.05, 0) is 37.1 Å². The molecule has 2 aromatic rings. The summed E-state index contributed by atoms with van der Waals surface area (Å²) in [5.74, 6) is 0.0431. The van der Waals surface area contributed by atoms with E-state index in [1.165, 1.54) is 0 Å². The third kappa shape index (κ3) is 3.96. The van der Waals surface area contributed by atoms with Crippen LogP contribution in [-0.2, 0) is 4.79 Å². The molecule has 2 unspecified atom stereocenters. The van der Waals surface area contributed by atoms with Crippen LogP contribution in [0.25, 0.3) is 0 Å². The summed E-state index contributed by atoms with van der Waals surface area (Å²) in [5.41, 5.74) is 9.11. The maximum atomic E-state index is 12.4. The molecule has 3 amide bonds. The standard InChI is InChI=1S/C20H24N4O2/c1-13-8-9-18(17(21)10-13)23-20(26)22-16-11-19(25)24(12-16)14(2)15-6-4-3-5-7-15/h3-10,14,16H,11-12,21H2,1-2H3,(H2,22,23,26). The van der Waals surface area contributed by atoms with Crippen molar-refractivity contribution in [1.82, 2.24) is 10.2 Å². The molecule has 3 rings (SSSR count). The van der Waals surface area contributed by atoms with Crippen LogP contribution in [0.2, 0.25) is 0 Å². The highest BCUT2D eigenvalue weighted by molar-refractivity contribution is 5.93. The lowest BCUT2D eigenvalue weighted by Gasteiger charge is -2.25. The first-order valence-corrected chi connectivity index (χ1v) is 8.72. The Bertz CT molecular complexity index is 807. The fourth-order valence-electron chi connectivity index (χ4n) is 3.25. The molecule has 4 N–H and O–H groups in total. The molecule has 0 aromatic heterocycles. The van der Waals surface area contributed by atoms with Gasteiger partial charge in [0.2, 0.25) is 5.91 Å². The second-order valence-corrected chi connectivity index (χ2v) is 6.72. The first-order chi connectivity index (χ1) is 12.4. The van der Waals surface area contributed by atoms with E-state index in [9.17, 15) is 9.59 Å². The molecule has 1 saturated heterocycles. The van der Waals surface area contributed by atoms with Crippen molar-refractivity contribution in [2.75, 3.05) is 17.6 Å². The highest BCUT2D eigenvalue weighted by Crippen LogP contribution is 2.26. The molecule has 0 radical (unpaired) electrons. The Kier molecular flexibility index (Phi) is 5.11. The van der Waals surface area contributed by atoms with Gasteiger partial charge in [-0.3, -0.25) is 4.79 Å². The number of amides is 3. The minimum Gasteiger partial charge on any atom is -0.397 e. The highest BCUT2D eigenvalue weighted by Gasteiger charge is 2.33. The Morgan fingerprint density at radius 1 is 1.23 bits per heavy atom. The minimum absolute atomic E-state index is 0.0219. The molecular weight excluding hydrogens is 328 g/mol. The van der Waals surface area contributed by atoms with E-state index >= 15 is 0 Å². The maximum Gasteiger partial charge on any atom is 0.319 e. The second-order valence-electron chi connectivity index (χ2n) is 6.72. The summed E-state index contributed by atoms with van der Waals surface area (Å²) >= 11 is 0. The third-order valence-corrected chi connectivity index (χ3v) is 4.70. The molecule has 0 bridgehead atoms. The number of nitrogen functional groups attached to an aromatic ring is 1. The smallest absolute Gasteiger partial charge is 0.319 e. The van der Waals surface area contributed by atoms with Crippen LogP contribution in [0.5, 0.6) is 0 Å². The van der Waals surface area contributed by atoms with Gasteiger partial charge in [-0.25, -0.2) is 4.79 Å². The van der Waals surface area contributed by atoms with Gasteiger partial charge in [-0.15, -0.1) is 0 Å². The molecule has 1 fully saturated rings.